The Morgan fingerprint density at radius 2 is 1.54 bits per heavy atom. The predicted molar refractivity (Wildman–Crippen MR) is 114 cm³/mol. The lowest BCUT2D eigenvalue weighted by molar-refractivity contribution is -0.145. The molecular weight excluding hydrogens is 350 g/mol. The van der Waals surface area contributed by atoms with Crippen LogP contribution in [0.3, 0.4) is 0 Å². The van der Waals surface area contributed by atoms with Gasteiger partial charge in [-0.2, -0.15) is 0 Å². The third kappa shape index (κ3) is 5.28. The summed E-state index contributed by atoms with van der Waals surface area (Å²) in [6.45, 7) is 8.70. The number of hydrogen-bond acceptors (Lipinski definition) is 4. The molecule has 1 heterocycles. The van der Waals surface area contributed by atoms with Crippen molar-refractivity contribution in [3.8, 4) is 0 Å². The second-order valence-electron chi connectivity index (χ2n) is 10.6. The normalized spacial score (nSPS) is 36.8. The van der Waals surface area contributed by atoms with Crippen LogP contribution in [0.5, 0.6) is 0 Å². The third-order valence-electron chi connectivity index (χ3n) is 8.02. The molecule has 1 saturated heterocycles. The van der Waals surface area contributed by atoms with E-state index >= 15 is 0 Å². The Balaban J connectivity index is 1.67. The van der Waals surface area contributed by atoms with Crippen molar-refractivity contribution in [2.75, 3.05) is 0 Å². The molecule has 3 fully saturated rings. The van der Waals surface area contributed by atoms with Crippen molar-refractivity contribution >= 4 is 5.97 Å². The van der Waals surface area contributed by atoms with Crippen LogP contribution in [0.25, 0.3) is 0 Å². The van der Waals surface area contributed by atoms with Crippen molar-refractivity contribution in [2.45, 2.75) is 116 Å². The molecule has 5 heteroatoms. The monoisotopic (exact) mass is 393 g/mol. The number of carbonyl (C=O) groups is 1. The van der Waals surface area contributed by atoms with E-state index in [9.17, 15) is 9.90 Å². The summed E-state index contributed by atoms with van der Waals surface area (Å²) in [7, 11) is 0. The zero-order chi connectivity index (χ0) is 20.3. The smallest absolute Gasteiger partial charge is 0.321 e. The summed E-state index contributed by atoms with van der Waals surface area (Å²) < 4.78 is 0. The summed E-state index contributed by atoms with van der Waals surface area (Å²) in [5.74, 6) is 1.44. The van der Waals surface area contributed by atoms with Gasteiger partial charge in [0.1, 0.15) is 12.3 Å². The molecule has 162 valence electrons. The Morgan fingerprint density at radius 3 is 2.14 bits per heavy atom. The van der Waals surface area contributed by atoms with Crippen LogP contribution in [0, 0.1) is 23.2 Å². The van der Waals surface area contributed by atoms with Crippen molar-refractivity contribution in [3.63, 3.8) is 0 Å². The van der Waals surface area contributed by atoms with Gasteiger partial charge in [-0.3, -0.25) is 20.7 Å². The lowest BCUT2D eigenvalue weighted by atomic mass is 9.61. The number of rotatable bonds is 6. The van der Waals surface area contributed by atoms with Crippen molar-refractivity contribution in [1.29, 1.82) is 0 Å². The van der Waals surface area contributed by atoms with E-state index in [2.05, 4.69) is 43.6 Å². The molecule has 0 spiro atoms. The van der Waals surface area contributed by atoms with Gasteiger partial charge in [-0.05, 0) is 56.3 Å². The Kier molecular flexibility index (Phi) is 7.43. The molecule has 4 N–H and O–H groups in total. The molecule has 0 aromatic heterocycles. The summed E-state index contributed by atoms with van der Waals surface area (Å²) in [5, 5.41) is 20.5. The second-order valence-corrected chi connectivity index (χ2v) is 10.6. The molecule has 0 radical (unpaired) electrons. The fraction of sp³-hybridized carbons (Fsp3) is 0.957. The quantitative estimate of drug-likeness (QED) is 0.547. The maximum absolute atomic E-state index is 12.3. The van der Waals surface area contributed by atoms with Crippen LogP contribution in [-0.4, -0.2) is 35.5 Å². The summed E-state index contributed by atoms with van der Waals surface area (Å²) in [5.41, 5.74) is -0.271. The Bertz CT molecular complexity index is 508. The third-order valence-corrected chi connectivity index (χ3v) is 8.02. The molecule has 0 aromatic carbocycles. The molecule has 2 aliphatic carbocycles. The highest BCUT2D eigenvalue weighted by molar-refractivity contribution is 5.74. The molecule has 1 aliphatic heterocycles. The van der Waals surface area contributed by atoms with E-state index in [1.54, 1.807) is 0 Å². The minimum absolute atomic E-state index is 0.142. The fourth-order valence-electron chi connectivity index (χ4n) is 6.32. The number of carboxylic acid groups (broad SMARTS) is 1. The van der Waals surface area contributed by atoms with Crippen molar-refractivity contribution in [3.05, 3.63) is 0 Å². The molecule has 0 amide bonds. The number of nitrogens with one attached hydrogen (secondary N) is 3. The van der Waals surface area contributed by atoms with Gasteiger partial charge in [-0.25, -0.2) is 0 Å². The minimum Gasteiger partial charge on any atom is -0.480 e. The summed E-state index contributed by atoms with van der Waals surface area (Å²) in [6, 6.07) is 0.221. The number of carboxylic acids is 1. The van der Waals surface area contributed by atoms with Crippen LogP contribution in [0.2, 0.25) is 0 Å². The minimum atomic E-state index is -0.723. The maximum Gasteiger partial charge on any atom is 0.321 e. The van der Waals surface area contributed by atoms with E-state index in [1.807, 2.05) is 0 Å². The van der Waals surface area contributed by atoms with Gasteiger partial charge >= 0.3 is 5.97 Å². The van der Waals surface area contributed by atoms with E-state index in [0.29, 0.717) is 18.0 Å². The second kappa shape index (κ2) is 9.44. The first-order valence-electron chi connectivity index (χ1n) is 11.8. The van der Waals surface area contributed by atoms with Gasteiger partial charge in [0.15, 0.2) is 0 Å². The highest BCUT2D eigenvalue weighted by Gasteiger charge is 2.45. The largest absolute Gasteiger partial charge is 0.480 e. The maximum atomic E-state index is 12.3. The Morgan fingerprint density at radius 1 is 0.929 bits per heavy atom. The molecule has 5 nitrogen and oxygen atoms in total. The first-order valence-corrected chi connectivity index (χ1v) is 11.8. The molecule has 3 aliphatic rings. The van der Waals surface area contributed by atoms with Gasteiger partial charge < -0.3 is 5.11 Å². The van der Waals surface area contributed by atoms with Crippen LogP contribution in [0.15, 0.2) is 0 Å². The Hall–Kier alpha value is -0.650. The zero-order valence-electron chi connectivity index (χ0n) is 18.5. The van der Waals surface area contributed by atoms with Gasteiger partial charge in [0.25, 0.3) is 0 Å². The van der Waals surface area contributed by atoms with Crippen molar-refractivity contribution in [2.24, 2.45) is 23.2 Å². The van der Waals surface area contributed by atoms with Crippen LogP contribution in [-0.2, 0) is 4.79 Å². The van der Waals surface area contributed by atoms with Gasteiger partial charge in [-0.15, -0.1) is 0 Å². The lowest BCUT2D eigenvalue weighted by Gasteiger charge is -2.47. The molecule has 5 atom stereocenters. The zero-order valence-corrected chi connectivity index (χ0v) is 18.5. The fourth-order valence-corrected chi connectivity index (χ4v) is 6.32. The van der Waals surface area contributed by atoms with E-state index < -0.39 is 12.0 Å². The predicted octanol–water partition coefficient (Wildman–Crippen LogP) is 4.09. The van der Waals surface area contributed by atoms with Crippen molar-refractivity contribution in [1.82, 2.24) is 16.0 Å². The van der Waals surface area contributed by atoms with E-state index in [4.69, 9.17) is 0 Å². The van der Waals surface area contributed by atoms with Crippen LogP contribution < -0.4 is 16.0 Å². The first kappa shape index (κ1) is 22.0. The first-order chi connectivity index (χ1) is 13.3. The molecule has 28 heavy (non-hydrogen) atoms. The summed E-state index contributed by atoms with van der Waals surface area (Å²) in [4.78, 5) is 12.3. The number of hydrogen-bond donors (Lipinski definition) is 4. The van der Waals surface area contributed by atoms with Gasteiger partial charge in [-0.1, -0.05) is 58.8 Å². The standard InChI is InChI=1S/C23H43N3O2/c1-15-13-16(2)25-22(24-15)26-20(21(27)28)23(3,4)19-12-8-11-18(14-19)17-9-6-5-7-10-17/h15-20,22,24-26H,5-14H2,1-4H3,(H,27,28). The van der Waals surface area contributed by atoms with E-state index in [0.717, 1.165) is 18.3 Å². The Labute approximate surface area is 171 Å². The molecule has 0 aromatic rings. The van der Waals surface area contributed by atoms with Crippen molar-refractivity contribution < 1.29 is 9.90 Å². The summed E-state index contributed by atoms with van der Waals surface area (Å²) >= 11 is 0. The SMILES string of the molecule is CC1CC(C)NC(NC(C(=O)O)C(C)(C)C2CCCC(C3CCCCC3)C2)N1. The average molecular weight is 394 g/mol. The molecule has 0 bridgehead atoms. The molecular formula is C23H43N3O2. The van der Waals surface area contributed by atoms with E-state index in [1.165, 1.54) is 57.8 Å². The van der Waals surface area contributed by atoms with E-state index in [-0.39, 0.29) is 11.7 Å². The summed E-state index contributed by atoms with van der Waals surface area (Å²) in [6.07, 6.45) is 12.9. The topological polar surface area (TPSA) is 73.4 Å². The molecule has 3 rings (SSSR count). The molecule has 5 unspecified atom stereocenters. The lowest BCUT2D eigenvalue weighted by Crippen LogP contribution is -2.68. The van der Waals surface area contributed by atoms with Gasteiger partial charge in [0, 0.05) is 12.1 Å². The van der Waals surface area contributed by atoms with Gasteiger partial charge in [0.05, 0.1) is 0 Å². The van der Waals surface area contributed by atoms with Crippen LogP contribution >= 0.6 is 0 Å². The van der Waals surface area contributed by atoms with Crippen LogP contribution in [0.4, 0.5) is 0 Å². The average Bonchev–Trinajstić information content (AvgIpc) is 2.66. The highest BCUT2D eigenvalue weighted by atomic mass is 16.4. The highest BCUT2D eigenvalue weighted by Crippen LogP contribution is 2.47. The molecule has 2 saturated carbocycles. The number of aliphatic carboxylic acids is 1. The van der Waals surface area contributed by atoms with Gasteiger partial charge in [0.2, 0.25) is 0 Å². The van der Waals surface area contributed by atoms with Crippen LogP contribution in [0.1, 0.15) is 91.9 Å².